The lowest BCUT2D eigenvalue weighted by Crippen LogP contribution is -2.35. The zero-order valence-corrected chi connectivity index (χ0v) is 16.0. The number of alkyl halides is 1. The molecule has 0 N–H and O–H groups in total. The van der Waals surface area contributed by atoms with E-state index in [1.165, 1.54) is 23.3 Å². The molecule has 5 heteroatoms. The first kappa shape index (κ1) is 18.9. The number of hydrogen-bond donors (Lipinski definition) is 0. The van der Waals surface area contributed by atoms with E-state index in [-0.39, 0.29) is 19.1 Å². The van der Waals surface area contributed by atoms with Gasteiger partial charge in [0.15, 0.2) is 0 Å². The molecule has 1 heterocycles. The zero-order valence-electron chi connectivity index (χ0n) is 16.0. The van der Waals surface area contributed by atoms with Crippen LogP contribution in [0.2, 0.25) is 0 Å². The van der Waals surface area contributed by atoms with Crippen molar-refractivity contribution in [3.63, 3.8) is 0 Å². The number of nitrogens with zero attached hydrogens (tertiary/aromatic N) is 2. The predicted molar refractivity (Wildman–Crippen MR) is 106 cm³/mol. The van der Waals surface area contributed by atoms with E-state index in [0.717, 1.165) is 12.1 Å². The number of hydrogen-bond acceptors (Lipinski definition) is 3. The van der Waals surface area contributed by atoms with Crippen molar-refractivity contribution in [2.75, 3.05) is 19.6 Å². The van der Waals surface area contributed by atoms with Crippen molar-refractivity contribution in [1.82, 2.24) is 9.80 Å². The second-order valence-electron chi connectivity index (χ2n) is 7.87. The fourth-order valence-electron chi connectivity index (χ4n) is 3.86. The van der Waals surface area contributed by atoms with Crippen molar-refractivity contribution in [1.29, 1.82) is 0 Å². The molecule has 2 aromatic carbocycles. The van der Waals surface area contributed by atoms with Gasteiger partial charge < -0.3 is 9.64 Å². The summed E-state index contributed by atoms with van der Waals surface area (Å²) in [5.41, 5.74) is 2.19. The maximum atomic E-state index is 14.7. The van der Waals surface area contributed by atoms with Gasteiger partial charge in [0, 0.05) is 31.6 Å². The van der Waals surface area contributed by atoms with Gasteiger partial charge in [-0.3, -0.25) is 4.90 Å². The largest absolute Gasteiger partial charge is 0.445 e. The molecule has 1 saturated carbocycles. The Morgan fingerprint density at radius 1 is 1.00 bits per heavy atom. The van der Waals surface area contributed by atoms with Crippen molar-refractivity contribution in [3.05, 3.63) is 71.8 Å². The molecule has 2 atom stereocenters. The zero-order chi connectivity index (χ0) is 19.3. The molecule has 1 aliphatic heterocycles. The quantitative estimate of drug-likeness (QED) is 0.717. The lowest BCUT2D eigenvalue weighted by atomic mass is 10.1. The summed E-state index contributed by atoms with van der Waals surface area (Å²) in [4.78, 5) is 16.3. The van der Waals surface area contributed by atoms with Crippen LogP contribution >= 0.6 is 0 Å². The first-order chi connectivity index (χ1) is 13.7. The van der Waals surface area contributed by atoms with E-state index in [1.54, 1.807) is 0 Å². The number of benzene rings is 2. The SMILES string of the molecule is O=C(OCc1ccccc1)N1CC(F)[C@@H](CN(Cc2ccccc2)C2CC2)C1. The van der Waals surface area contributed by atoms with Gasteiger partial charge in [0.25, 0.3) is 0 Å². The summed E-state index contributed by atoms with van der Waals surface area (Å²) >= 11 is 0. The molecule has 0 aromatic heterocycles. The van der Waals surface area contributed by atoms with Crippen LogP contribution in [0.3, 0.4) is 0 Å². The Balaban J connectivity index is 1.30. The molecule has 1 saturated heterocycles. The molecular formula is C23H27FN2O2. The third-order valence-corrected chi connectivity index (χ3v) is 5.59. The molecule has 0 radical (unpaired) electrons. The Morgan fingerprint density at radius 3 is 2.29 bits per heavy atom. The van der Waals surface area contributed by atoms with Crippen molar-refractivity contribution >= 4 is 6.09 Å². The van der Waals surface area contributed by atoms with Crippen LogP contribution in [-0.4, -0.2) is 47.7 Å². The van der Waals surface area contributed by atoms with Crippen LogP contribution in [0.25, 0.3) is 0 Å². The van der Waals surface area contributed by atoms with Gasteiger partial charge in [-0.15, -0.1) is 0 Å². The lowest BCUT2D eigenvalue weighted by molar-refractivity contribution is 0.101. The van der Waals surface area contributed by atoms with Crippen molar-refractivity contribution in [2.24, 2.45) is 5.92 Å². The predicted octanol–water partition coefficient (Wildman–Crippen LogP) is 4.26. The van der Waals surface area contributed by atoms with E-state index in [0.29, 0.717) is 19.1 Å². The summed E-state index contributed by atoms with van der Waals surface area (Å²) < 4.78 is 20.0. The number of carbonyl (C=O) groups excluding carboxylic acids is 1. The Bertz CT molecular complexity index is 767. The van der Waals surface area contributed by atoms with Crippen molar-refractivity contribution in [2.45, 2.75) is 38.2 Å². The fourth-order valence-corrected chi connectivity index (χ4v) is 3.86. The highest BCUT2D eigenvalue weighted by molar-refractivity contribution is 5.68. The van der Waals surface area contributed by atoms with E-state index in [2.05, 4.69) is 17.0 Å². The third kappa shape index (κ3) is 4.90. The molecule has 2 fully saturated rings. The van der Waals surface area contributed by atoms with E-state index in [1.807, 2.05) is 48.5 Å². The average molecular weight is 382 g/mol. The number of amides is 1. The fraction of sp³-hybridized carbons (Fsp3) is 0.435. The van der Waals surface area contributed by atoms with Crippen LogP contribution in [0, 0.1) is 5.92 Å². The first-order valence-corrected chi connectivity index (χ1v) is 10.1. The molecule has 1 aliphatic carbocycles. The Labute approximate surface area is 165 Å². The average Bonchev–Trinajstić information content (AvgIpc) is 3.51. The van der Waals surface area contributed by atoms with E-state index >= 15 is 0 Å². The molecule has 2 aliphatic rings. The number of carbonyl (C=O) groups is 1. The van der Waals surface area contributed by atoms with Gasteiger partial charge in [-0.2, -0.15) is 0 Å². The molecular weight excluding hydrogens is 355 g/mol. The van der Waals surface area contributed by atoms with Crippen LogP contribution in [0.5, 0.6) is 0 Å². The van der Waals surface area contributed by atoms with Gasteiger partial charge in [0.2, 0.25) is 0 Å². The molecule has 1 unspecified atom stereocenters. The van der Waals surface area contributed by atoms with E-state index in [9.17, 15) is 9.18 Å². The Kier molecular flexibility index (Phi) is 5.91. The van der Waals surface area contributed by atoms with E-state index < -0.39 is 12.3 Å². The minimum Gasteiger partial charge on any atom is -0.445 e. The smallest absolute Gasteiger partial charge is 0.410 e. The maximum Gasteiger partial charge on any atom is 0.410 e. The second kappa shape index (κ2) is 8.74. The van der Waals surface area contributed by atoms with Crippen LogP contribution in [0.15, 0.2) is 60.7 Å². The van der Waals surface area contributed by atoms with E-state index in [4.69, 9.17) is 4.74 Å². The van der Waals surface area contributed by atoms with Gasteiger partial charge >= 0.3 is 6.09 Å². The molecule has 2 aromatic rings. The number of likely N-dealkylation sites (tertiary alicyclic amines) is 1. The standard InChI is InChI=1S/C23H27FN2O2/c24-22-16-26(23(27)28-17-19-9-5-2-6-10-19)15-20(22)14-25(21-11-12-21)13-18-7-3-1-4-8-18/h1-10,20-22H,11-17H2/t20-,22?/m0/s1. The molecule has 28 heavy (non-hydrogen) atoms. The van der Waals surface area contributed by atoms with Crippen LogP contribution in [0.4, 0.5) is 9.18 Å². The van der Waals surface area contributed by atoms with Gasteiger partial charge in [-0.25, -0.2) is 9.18 Å². The molecule has 1 amide bonds. The normalized spacial score (nSPS) is 21.9. The van der Waals surface area contributed by atoms with Gasteiger partial charge in [-0.05, 0) is 24.0 Å². The summed E-state index contributed by atoms with van der Waals surface area (Å²) in [6, 6.07) is 20.4. The summed E-state index contributed by atoms with van der Waals surface area (Å²) in [5.74, 6) is -0.159. The maximum absolute atomic E-state index is 14.7. The molecule has 0 spiro atoms. The summed E-state index contributed by atoms with van der Waals surface area (Å²) in [5, 5.41) is 0. The number of rotatable bonds is 7. The monoisotopic (exact) mass is 382 g/mol. The Hall–Kier alpha value is -2.40. The topological polar surface area (TPSA) is 32.8 Å². The van der Waals surface area contributed by atoms with Crippen LogP contribution in [0.1, 0.15) is 24.0 Å². The molecule has 4 nitrogen and oxygen atoms in total. The minimum absolute atomic E-state index is 0.127. The Morgan fingerprint density at radius 2 is 1.64 bits per heavy atom. The van der Waals surface area contributed by atoms with Crippen LogP contribution in [-0.2, 0) is 17.9 Å². The van der Waals surface area contributed by atoms with Gasteiger partial charge in [-0.1, -0.05) is 60.7 Å². The second-order valence-corrected chi connectivity index (χ2v) is 7.87. The molecule has 0 bridgehead atoms. The molecule has 4 rings (SSSR count). The van der Waals surface area contributed by atoms with Crippen molar-refractivity contribution < 1.29 is 13.9 Å². The number of halogens is 1. The highest BCUT2D eigenvalue weighted by atomic mass is 19.1. The highest BCUT2D eigenvalue weighted by Crippen LogP contribution is 2.31. The van der Waals surface area contributed by atoms with Gasteiger partial charge in [0.1, 0.15) is 12.8 Å². The lowest BCUT2D eigenvalue weighted by Gasteiger charge is -2.26. The molecule has 148 valence electrons. The highest BCUT2D eigenvalue weighted by Gasteiger charge is 2.39. The van der Waals surface area contributed by atoms with Crippen LogP contribution < -0.4 is 0 Å². The summed E-state index contributed by atoms with van der Waals surface area (Å²) in [6.07, 6.45) is 0.940. The first-order valence-electron chi connectivity index (χ1n) is 10.1. The minimum atomic E-state index is -0.999. The summed E-state index contributed by atoms with van der Waals surface area (Å²) in [6.45, 7) is 2.30. The number of ether oxygens (including phenoxy) is 1. The van der Waals surface area contributed by atoms with Gasteiger partial charge in [0.05, 0.1) is 6.54 Å². The van der Waals surface area contributed by atoms with Crippen molar-refractivity contribution in [3.8, 4) is 0 Å². The summed E-state index contributed by atoms with van der Waals surface area (Å²) in [7, 11) is 0. The third-order valence-electron chi connectivity index (χ3n) is 5.59.